The van der Waals surface area contributed by atoms with Crippen LogP contribution >= 0.6 is 0 Å². The molecule has 5 rings (SSSR count). The summed E-state index contributed by atoms with van der Waals surface area (Å²) in [4.78, 5) is 51.7. The molecule has 1 heterocycles. The summed E-state index contributed by atoms with van der Waals surface area (Å²) in [6.07, 6.45) is -6.19. The van der Waals surface area contributed by atoms with Gasteiger partial charge in [-0.05, 0) is 19.9 Å². The smallest absolute Gasteiger partial charge is 0.407 e. The highest BCUT2D eigenvalue weighted by Crippen LogP contribution is 2.52. The Balaban J connectivity index is 1.62. The SMILES string of the molecule is COC(=O)N[C@H]1C[C@H](O[C@H]2C[C@](O)(C(C)=O)Cc3c(O)c4c(c(O)c32)C(=O)c2c(OC)cccc2C4=O)O[C@@H](C)[C@H]1O. The first kappa shape index (κ1) is 29.5. The number of hydrogen-bond donors (Lipinski definition) is 5. The summed E-state index contributed by atoms with van der Waals surface area (Å²) < 4.78 is 21.8. The number of aliphatic hydroxyl groups excluding tert-OH is 1. The molecule has 42 heavy (non-hydrogen) atoms. The van der Waals surface area contributed by atoms with Gasteiger partial charge in [0.15, 0.2) is 17.9 Å². The molecule has 2 aliphatic carbocycles. The zero-order valence-electron chi connectivity index (χ0n) is 23.3. The lowest BCUT2D eigenvalue weighted by Crippen LogP contribution is -2.55. The molecular formula is C29H31NO12. The summed E-state index contributed by atoms with van der Waals surface area (Å²) in [6.45, 7) is 2.70. The second-order valence-electron chi connectivity index (χ2n) is 10.7. The van der Waals surface area contributed by atoms with E-state index in [-0.39, 0.29) is 34.4 Å². The number of hydrogen-bond acceptors (Lipinski definition) is 12. The van der Waals surface area contributed by atoms with E-state index in [1.165, 1.54) is 25.3 Å². The lowest BCUT2D eigenvalue weighted by Gasteiger charge is -2.42. The number of aromatic hydroxyl groups is 2. The lowest BCUT2D eigenvalue weighted by atomic mass is 9.72. The van der Waals surface area contributed by atoms with Crippen molar-refractivity contribution in [3.8, 4) is 17.2 Å². The molecule has 0 spiro atoms. The van der Waals surface area contributed by atoms with E-state index in [0.717, 1.165) is 14.0 Å². The number of Topliss-reactive ketones (excluding diaryl/α,β-unsaturated/α-hetero) is 1. The van der Waals surface area contributed by atoms with E-state index in [1.807, 2.05) is 0 Å². The van der Waals surface area contributed by atoms with Crippen molar-refractivity contribution >= 4 is 23.4 Å². The summed E-state index contributed by atoms with van der Waals surface area (Å²) >= 11 is 0. The van der Waals surface area contributed by atoms with Gasteiger partial charge in [0.2, 0.25) is 5.78 Å². The van der Waals surface area contributed by atoms with Crippen LogP contribution < -0.4 is 10.1 Å². The molecule has 5 N–H and O–H groups in total. The van der Waals surface area contributed by atoms with Gasteiger partial charge in [-0.15, -0.1) is 0 Å². The fraction of sp³-hybridized carbons (Fsp3) is 0.448. The normalized spacial score (nSPS) is 28.3. The average molecular weight is 586 g/mol. The number of aliphatic hydroxyl groups is 2. The van der Waals surface area contributed by atoms with Gasteiger partial charge in [-0.3, -0.25) is 14.4 Å². The molecule has 0 radical (unpaired) electrons. The molecule has 1 saturated heterocycles. The van der Waals surface area contributed by atoms with E-state index >= 15 is 0 Å². The van der Waals surface area contributed by atoms with Crippen LogP contribution in [-0.4, -0.2) is 88.2 Å². The van der Waals surface area contributed by atoms with Gasteiger partial charge in [-0.1, -0.05) is 12.1 Å². The van der Waals surface area contributed by atoms with Crippen LogP contribution in [0.1, 0.15) is 75.8 Å². The predicted octanol–water partition coefficient (Wildman–Crippen LogP) is 1.43. The molecule has 0 saturated carbocycles. The number of methoxy groups -OCH3 is 2. The van der Waals surface area contributed by atoms with Crippen LogP contribution in [0.25, 0.3) is 0 Å². The van der Waals surface area contributed by atoms with Crippen molar-refractivity contribution in [3.05, 3.63) is 51.6 Å². The van der Waals surface area contributed by atoms with Gasteiger partial charge in [0, 0.05) is 36.0 Å². The van der Waals surface area contributed by atoms with E-state index in [2.05, 4.69) is 10.1 Å². The van der Waals surface area contributed by atoms with Crippen LogP contribution in [0, 0.1) is 0 Å². The number of ether oxygens (including phenoxy) is 4. The number of phenolic OH excluding ortho intramolecular Hbond substituents is 2. The summed E-state index contributed by atoms with van der Waals surface area (Å²) in [5.41, 5.74) is -3.36. The Kier molecular flexibility index (Phi) is 7.47. The van der Waals surface area contributed by atoms with Crippen molar-refractivity contribution in [3.63, 3.8) is 0 Å². The van der Waals surface area contributed by atoms with E-state index in [4.69, 9.17) is 14.2 Å². The van der Waals surface area contributed by atoms with Gasteiger partial charge in [0.1, 0.15) is 29.0 Å². The molecule has 2 aromatic carbocycles. The number of benzene rings is 2. The summed E-state index contributed by atoms with van der Waals surface area (Å²) in [5, 5.41) is 47.3. The van der Waals surface area contributed by atoms with Crippen LogP contribution in [0.3, 0.4) is 0 Å². The van der Waals surface area contributed by atoms with Crippen LogP contribution in [-0.2, 0) is 25.4 Å². The summed E-state index contributed by atoms with van der Waals surface area (Å²) in [7, 11) is 2.49. The van der Waals surface area contributed by atoms with Gasteiger partial charge in [0.05, 0.1) is 49.2 Å². The maximum atomic E-state index is 13.7. The highest BCUT2D eigenvalue weighted by atomic mass is 16.7. The molecule has 13 heteroatoms. The van der Waals surface area contributed by atoms with Gasteiger partial charge < -0.3 is 44.7 Å². The first-order valence-electron chi connectivity index (χ1n) is 13.3. The van der Waals surface area contributed by atoms with E-state index in [0.29, 0.717) is 0 Å². The molecule has 0 bridgehead atoms. The molecule has 1 aliphatic heterocycles. The minimum absolute atomic E-state index is 0.0424. The Morgan fingerprint density at radius 3 is 2.40 bits per heavy atom. The first-order chi connectivity index (χ1) is 19.8. The van der Waals surface area contributed by atoms with E-state index in [9.17, 15) is 39.6 Å². The van der Waals surface area contributed by atoms with Gasteiger partial charge in [0.25, 0.3) is 0 Å². The minimum Gasteiger partial charge on any atom is -0.507 e. The molecule has 0 unspecified atom stereocenters. The Labute approximate surface area is 240 Å². The Hall–Kier alpha value is -4.04. The largest absolute Gasteiger partial charge is 0.507 e. The monoisotopic (exact) mass is 585 g/mol. The van der Waals surface area contributed by atoms with Crippen molar-refractivity contribution < 1.29 is 58.6 Å². The fourth-order valence-corrected chi connectivity index (χ4v) is 5.98. The fourth-order valence-electron chi connectivity index (χ4n) is 5.98. The molecule has 1 fully saturated rings. The summed E-state index contributed by atoms with van der Waals surface area (Å²) in [5.74, 6) is -3.41. The minimum atomic E-state index is -2.07. The van der Waals surface area contributed by atoms with Crippen molar-refractivity contribution in [2.24, 2.45) is 0 Å². The first-order valence-corrected chi connectivity index (χ1v) is 13.3. The zero-order chi connectivity index (χ0) is 30.7. The Morgan fingerprint density at radius 1 is 1.07 bits per heavy atom. The highest BCUT2D eigenvalue weighted by Gasteiger charge is 2.49. The van der Waals surface area contributed by atoms with Crippen LogP contribution in [0.5, 0.6) is 17.2 Å². The molecule has 0 aromatic heterocycles. The average Bonchev–Trinajstić information content (AvgIpc) is 2.95. The van der Waals surface area contributed by atoms with Gasteiger partial charge in [-0.25, -0.2) is 4.79 Å². The number of nitrogens with one attached hydrogen (secondary N) is 1. The van der Waals surface area contributed by atoms with Crippen molar-refractivity contribution in [1.29, 1.82) is 0 Å². The Bertz CT molecular complexity index is 1500. The molecule has 1 amide bonds. The molecule has 3 aliphatic rings. The maximum absolute atomic E-state index is 13.7. The third-order valence-electron chi connectivity index (χ3n) is 8.24. The van der Waals surface area contributed by atoms with Crippen molar-refractivity contribution in [1.82, 2.24) is 5.32 Å². The number of rotatable bonds is 5. The van der Waals surface area contributed by atoms with Gasteiger partial charge in [-0.2, -0.15) is 0 Å². The van der Waals surface area contributed by atoms with E-state index in [1.54, 1.807) is 6.92 Å². The summed E-state index contributed by atoms with van der Waals surface area (Å²) in [6, 6.07) is 3.52. The van der Waals surface area contributed by atoms with Crippen molar-refractivity contribution in [2.75, 3.05) is 14.2 Å². The van der Waals surface area contributed by atoms with Crippen LogP contribution in [0.15, 0.2) is 18.2 Å². The second-order valence-corrected chi connectivity index (χ2v) is 10.7. The highest BCUT2D eigenvalue weighted by molar-refractivity contribution is 6.31. The standard InChI is InChI=1S/C29H31NO12/c1-11-23(32)15(30-28(37)40-4)8-18(41-11)42-17-10-29(38,12(2)31)9-14-20(17)27(36)22-21(25(14)34)24(33)13-6-5-7-16(39-3)19(13)26(22)35/h5-7,11,15,17-18,23,32,34,36,38H,8-10H2,1-4H3,(H,30,37)/t11-,15-,17-,18-,23+,29-/m0/s1. The number of alkyl carbamates (subject to hydrolysis) is 1. The molecule has 6 atom stereocenters. The number of carbonyl (C=O) groups excluding carboxylic acids is 4. The predicted molar refractivity (Wildman–Crippen MR) is 142 cm³/mol. The third-order valence-corrected chi connectivity index (χ3v) is 8.24. The number of phenols is 2. The second kappa shape index (κ2) is 10.7. The van der Waals surface area contributed by atoms with Gasteiger partial charge >= 0.3 is 6.09 Å². The molecule has 2 aromatic rings. The third kappa shape index (κ3) is 4.58. The number of amides is 1. The molecule has 13 nitrogen and oxygen atoms in total. The lowest BCUT2D eigenvalue weighted by molar-refractivity contribution is -0.249. The molecule has 224 valence electrons. The van der Waals surface area contributed by atoms with Crippen LogP contribution in [0.4, 0.5) is 4.79 Å². The Morgan fingerprint density at radius 2 is 1.76 bits per heavy atom. The van der Waals surface area contributed by atoms with Crippen LogP contribution in [0.2, 0.25) is 0 Å². The quantitative estimate of drug-likeness (QED) is 0.270. The van der Waals surface area contributed by atoms with Crippen molar-refractivity contribution in [2.45, 2.75) is 69.4 Å². The maximum Gasteiger partial charge on any atom is 0.407 e. The number of fused-ring (bicyclic) bond motifs is 3. The number of carbonyl (C=O) groups is 4. The molecular weight excluding hydrogens is 554 g/mol. The van der Waals surface area contributed by atoms with E-state index < -0.39 is 95.2 Å². The number of ketones is 3. The topological polar surface area (TPSA) is 198 Å². The zero-order valence-corrected chi connectivity index (χ0v) is 23.3.